The smallest absolute Gasteiger partial charge is 0.293 e. The van der Waals surface area contributed by atoms with E-state index in [9.17, 15) is 9.59 Å². The van der Waals surface area contributed by atoms with Crippen molar-refractivity contribution in [1.29, 1.82) is 0 Å². The van der Waals surface area contributed by atoms with E-state index in [0.717, 1.165) is 32.4 Å². The molecule has 0 saturated carbocycles. The minimum absolute atomic E-state index is 0.0101. The summed E-state index contributed by atoms with van der Waals surface area (Å²) >= 11 is 0. The summed E-state index contributed by atoms with van der Waals surface area (Å²) < 4.78 is 5.22. The average molecular weight is 353 g/mol. The molecule has 0 spiro atoms. The number of nitrogens with zero attached hydrogens (tertiary/aromatic N) is 2. The molecule has 2 unspecified atom stereocenters. The van der Waals surface area contributed by atoms with Crippen molar-refractivity contribution in [3.8, 4) is 0 Å². The number of para-hydroxylation sites is 1. The van der Waals surface area contributed by atoms with E-state index in [1.54, 1.807) is 25.2 Å². The van der Waals surface area contributed by atoms with E-state index in [1.807, 2.05) is 23.1 Å². The number of hydrogen-bond acceptors (Lipinski definition) is 4. The number of fused-ring (bicyclic) bond motifs is 2. The van der Waals surface area contributed by atoms with Gasteiger partial charge in [0.2, 0.25) is 0 Å². The van der Waals surface area contributed by atoms with Crippen molar-refractivity contribution in [2.45, 2.75) is 31.3 Å². The van der Waals surface area contributed by atoms with Crippen LogP contribution >= 0.6 is 0 Å². The molecule has 2 saturated heterocycles. The highest BCUT2D eigenvalue weighted by Gasteiger charge is 2.39. The zero-order valence-corrected chi connectivity index (χ0v) is 14.9. The number of furan rings is 1. The van der Waals surface area contributed by atoms with Gasteiger partial charge in [-0.2, -0.15) is 0 Å². The molecule has 1 aromatic heterocycles. The van der Waals surface area contributed by atoms with Crippen molar-refractivity contribution in [3.63, 3.8) is 0 Å². The summed E-state index contributed by atoms with van der Waals surface area (Å²) in [6.07, 6.45) is 4.54. The molecule has 2 amide bonds. The minimum Gasteiger partial charge on any atom is -0.459 e. The van der Waals surface area contributed by atoms with Crippen molar-refractivity contribution in [2.24, 2.45) is 0 Å². The number of anilines is 1. The van der Waals surface area contributed by atoms with Gasteiger partial charge in [0.15, 0.2) is 5.76 Å². The van der Waals surface area contributed by atoms with Crippen molar-refractivity contribution >= 4 is 17.5 Å². The van der Waals surface area contributed by atoms with Gasteiger partial charge in [-0.1, -0.05) is 12.1 Å². The fourth-order valence-electron chi connectivity index (χ4n) is 4.07. The molecule has 1 N–H and O–H groups in total. The van der Waals surface area contributed by atoms with Crippen LogP contribution in [0.4, 0.5) is 5.69 Å². The fourth-order valence-corrected chi connectivity index (χ4v) is 4.07. The molecule has 2 aromatic rings. The third kappa shape index (κ3) is 2.90. The van der Waals surface area contributed by atoms with E-state index in [0.29, 0.717) is 11.3 Å². The zero-order chi connectivity index (χ0) is 18.1. The Morgan fingerprint density at radius 2 is 1.92 bits per heavy atom. The van der Waals surface area contributed by atoms with Gasteiger partial charge in [-0.3, -0.25) is 9.59 Å². The van der Waals surface area contributed by atoms with Crippen molar-refractivity contribution in [2.75, 3.05) is 25.0 Å². The molecule has 0 aliphatic carbocycles. The fraction of sp³-hybridized carbons (Fsp3) is 0.400. The quantitative estimate of drug-likeness (QED) is 0.921. The largest absolute Gasteiger partial charge is 0.459 e. The molecular formula is C20H23N3O3. The highest BCUT2D eigenvalue weighted by molar-refractivity contribution is 6.09. The summed E-state index contributed by atoms with van der Waals surface area (Å²) in [4.78, 5) is 29.6. The van der Waals surface area contributed by atoms with Crippen LogP contribution in [0.1, 0.15) is 40.2 Å². The number of nitrogens with one attached hydrogen (secondary N) is 1. The van der Waals surface area contributed by atoms with Crippen molar-refractivity contribution in [1.82, 2.24) is 10.2 Å². The summed E-state index contributed by atoms with van der Waals surface area (Å²) in [5.41, 5.74) is 1.17. The molecule has 6 heteroatoms. The van der Waals surface area contributed by atoms with E-state index < -0.39 is 0 Å². The number of amides is 2. The molecule has 2 fully saturated rings. The predicted molar refractivity (Wildman–Crippen MR) is 98.3 cm³/mol. The van der Waals surface area contributed by atoms with Gasteiger partial charge < -0.3 is 19.5 Å². The second kappa shape index (κ2) is 6.96. The lowest BCUT2D eigenvalue weighted by molar-refractivity contribution is 0.0681. The van der Waals surface area contributed by atoms with Crippen LogP contribution in [-0.2, 0) is 0 Å². The monoisotopic (exact) mass is 353 g/mol. The molecule has 2 aliphatic rings. The predicted octanol–water partition coefficient (Wildman–Crippen LogP) is 2.52. The van der Waals surface area contributed by atoms with Crippen LogP contribution in [0.3, 0.4) is 0 Å². The molecule has 26 heavy (non-hydrogen) atoms. The first kappa shape index (κ1) is 16.8. The van der Waals surface area contributed by atoms with E-state index in [4.69, 9.17) is 4.42 Å². The minimum atomic E-state index is -0.268. The van der Waals surface area contributed by atoms with Crippen LogP contribution in [0.25, 0.3) is 0 Å². The van der Waals surface area contributed by atoms with Crippen LogP contribution in [0, 0.1) is 0 Å². The van der Waals surface area contributed by atoms with Gasteiger partial charge in [0.05, 0.1) is 17.5 Å². The van der Waals surface area contributed by atoms with E-state index in [-0.39, 0.29) is 29.7 Å². The third-order valence-electron chi connectivity index (χ3n) is 5.42. The number of carbonyl (C=O) groups excluding carboxylic acids is 2. The van der Waals surface area contributed by atoms with Crippen LogP contribution < -0.4 is 10.2 Å². The van der Waals surface area contributed by atoms with Crippen LogP contribution in [-0.4, -0.2) is 48.9 Å². The summed E-state index contributed by atoms with van der Waals surface area (Å²) in [7, 11) is 1.68. The third-order valence-corrected chi connectivity index (χ3v) is 5.42. The standard InChI is InChI=1S/C20H23N3O3/c1-22(20(25)18-7-4-12-26-18)17-6-3-2-5-16(17)19(24)23-14-8-9-15(23)13-21-11-10-14/h2-7,12,14-15,21H,8-11,13H2,1H3. The Morgan fingerprint density at radius 3 is 2.73 bits per heavy atom. The Morgan fingerprint density at radius 1 is 1.12 bits per heavy atom. The number of benzene rings is 1. The van der Waals surface area contributed by atoms with E-state index in [1.165, 1.54) is 11.2 Å². The molecule has 2 atom stereocenters. The molecule has 4 rings (SSSR count). The Labute approximate surface area is 152 Å². The van der Waals surface area contributed by atoms with Crippen LogP contribution in [0.2, 0.25) is 0 Å². The average Bonchev–Trinajstić information content (AvgIpc) is 3.27. The van der Waals surface area contributed by atoms with E-state index >= 15 is 0 Å². The maximum Gasteiger partial charge on any atom is 0.293 e. The van der Waals surface area contributed by atoms with Gasteiger partial charge in [0.1, 0.15) is 0 Å². The number of rotatable bonds is 3. The highest BCUT2D eigenvalue weighted by atomic mass is 16.3. The molecular weight excluding hydrogens is 330 g/mol. The molecule has 1 aromatic carbocycles. The molecule has 136 valence electrons. The van der Waals surface area contributed by atoms with Gasteiger partial charge in [-0.15, -0.1) is 0 Å². The lowest BCUT2D eigenvalue weighted by Crippen LogP contribution is -2.43. The van der Waals surface area contributed by atoms with E-state index in [2.05, 4.69) is 5.32 Å². The SMILES string of the molecule is CN(C(=O)c1ccco1)c1ccccc1C(=O)N1C2CCNCC1CC2. The first-order valence-corrected chi connectivity index (χ1v) is 9.11. The number of carbonyl (C=O) groups is 2. The Bertz CT molecular complexity index is 788. The van der Waals surface area contributed by atoms with Crippen LogP contribution in [0.5, 0.6) is 0 Å². The molecule has 0 radical (unpaired) electrons. The lowest BCUT2D eigenvalue weighted by atomic mass is 10.1. The molecule has 6 nitrogen and oxygen atoms in total. The first-order valence-electron chi connectivity index (χ1n) is 9.11. The number of hydrogen-bond donors (Lipinski definition) is 1. The second-order valence-electron chi connectivity index (χ2n) is 6.95. The van der Waals surface area contributed by atoms with Crippen molar-refractivity contribution < 1.29 is 14.0 Å². The summed E-state index contributed by atoms with van der Waals surface area (Å²) in [6.45, 7) is 1.79. The Hall–Kier alpha value is -2.60. The van der Waals surface area contributed by atoms with Gasteiger partial charge in [0, 0.05) is 25.7 Å². The molecule has 2 bridgehead atoms. The normalized spacial score (nSPS) is 22.1. The van der Waals surface area contributed by atoms with Gasteiger partial charge >= 0.3 is 0 Å². The summed E-state index contributed by atoms with van der Waals surface area (Å²) in [5, 5.41) is 3.42. The second-order valence-corrected chi connectivity index (χ2v) is 6.95. The maximum atomic E-state index is 13.4. The molecule has 2 aliphatic heterocycles. The van der Waals surface area contributed by atoms with Gasteiger partial charge in [-0.05, 0) is 50.1 Å². The molecule has 3 heterocycles. The first-order chi connectivity index (χ1) is 12.7. The van der Waals surface area contributed by atoms with Gasteiger partial charge in [-0.25, -0.2) is 0 Å². The topological polar surface area (TPSA) is 65.8 Å². The lowest BCUT2D eigenvalue weighted by Gasteiger charge is -2.29. The van der Waals surface area contributed by atoms with Crippen LogP contribution in [0.15, 0.2) is 47.1 Å². The Kier molecular flexibility index (Phi) is 4.51. The highest BCUT2D eigenvalue weighted by Crippen LogP contribution is 2.32. The van der Waals surface area contributed by atoms with Gasteiger partial charge in [0.25, 0.3) is 11.8 Å². The Balaban J connectivity index is 1.65. The zero-order valence-electron chi connectivity index (χ0n) is 14.9. The van der Waals surface area contributed by atoms with Crippen molar-refractivity contribution in [3.05, 3.63) is 54.0 Å². The maximum absolute atomic E-state index is 13.4. The summed E-state index contributed by atoms with van der Waals surface area (Å²) in [6, 6.07) is 11.1. The summed E-state index contributed by atoms with van der Waals surface area (Å²) in [5.74, 6) is 0.000411.